The number of nitrogens with zero attached hydrogens (tertiary/aromatic N) is 1. The maximum atomic E-state index is 13.1. The van der Waals surface area contributed by atoms with Crippen molar-refractivity contribution in [2.24, 2.45) is 22.2 Å². The third-order valence-corrected chi connectivity index (χ3v) is 5.58. The number of nitrogens with two attached hydrogens (primary N) is 3. The van der Waals surface area contributed by atoms with Gasteiger partial charge in [-0.05, 0) is 65.0 Å². The van der Waals surface area contributed by atoms with Crippen molar-refractivity contribution >= 4 is 29.7 Å². The first kappa shape index (κ1) is 30.1. The number of carboxylic acid groups (broad SMARTS) is 1. The van der Waals surface area contributed by atoms with Crippen LogP contribution in [-0.4, -0.2) is 89.8 Å². The molecule has 1 rings (SSSR count). The number of carboxylic acids is 1. The van der Waals surface area contributed by atoms with Crippen LogP contribution in [0.25, 0.3) is 0 Å². The Kier molecular flexibility index (Phi) is 13.6. The van der Waals surface area contributed by atoms with E-state index in [1.165, 1.54) is 6.92 Å². The van der Waals surface area contributed by atoms with E-state index in [0.717, 1.165) is 6.42 Å². The molecule has 0 aromatic carbocycles. The molecule has 200 valence electrons. The summed E-state index contributed by atoms with van der Waals surface area (Å²) < 4.78 is 0. The summed E-state index contributed by atoms with van der Waals surface area (Å²) in [5, 5.41) is 29.6. The third-order valence-electron chi connectivity index (χ3n) is 5.58. The Morgan fingerprint density at radius 2 is 1.66 bits per heavy atom. The maximum absolute atomic E-state index is 13.1. The van der Waals surface area contributed by atoms with Crippen molar-refractivity contribution in [3.05, 3.63) is 0 Å². The van der Waals surface area contributed by atoms with E-state index in [9.17, 15) is 29.4 Å². The molecule has 0 aromatic heterocycles. The van der Waals surface area contributed by atoms with Crippen molar-refractivity contribution in [2.45, 2.75) is 82.1 Å². The van der Waals surface area contributed by atoms with E-state index in [4.69, 9.17) is 17.2 Å². The first-order valence-corrected chi connectivity index (χ1v) is 11.9. The topological polar surface area (TPSA) is 247 Å². The molecule has 1 aliphatic heterocycles. The van der Waals surface area contributed by atoms with Gasteiger partial charge < -0.3 is 48.7 Å². The highest BCUT2D eigenvalue weighted by Gasteiger charge is 2.32. The van der Waals surface area contributed by atoms with Crippen molar-refractivity contribution in [2.75, 3.05) is 19.6 Å². The van der Waals surface area contributed by atoms with Gasteiger partial charge in [-0.25, -0.2) is 4.79 Å². The predicted octanol–water partition coefficient (Wildman–Crippen LogP) is -3.16. The lowest BCUT2D eigenvalue weighted by Gasteiger charge is -2.26. The molecule has 1 heterocycles. The molecule has 14 nitrogen and oxygen atoms in total. The summed E-state index contributed by atoms with van der Waals surface area (Å²) in [5.41, 5.74) is 16.2. The highest BCUT2D eigenvalue weighted by atomic mass is 16.4. The second kappa shape index (κ2) is 15.8. The van der Waals surface area contributed by atoms with Gasteiger partial charge in [0.05, 0.1) is 12.1 Å². The van der Waals surface area contributed by atoms with Gasteiger partial charge in [-0.2, -0.15) is 0 Å². The van der Waals surface area contributed by atoms with Crippen LogP contribution in [0.1, 0.15) is 51.9 Å². The van der Waals surface area contributed by atoms with Crippen molar-refractivity contribution in [1.82, 2.24) is 21.3 Å². The van der Waals surface area contributed by atoms with E-state index in [0.29, 0.717) is 45.2 Å². The van der Waals surface area contributed by atoms with Gasteiger partial charge in [0.15, 0.2) is 12.0 Å². The molecule has 0 saturated carbocycles. The second-order valence-corrected chi connectivity index (χ2v) is 8.57. The lowest BCUT2D eigenvalue weighted by Crippen LogP contribution is -2.58. The zero-order valence-corrected chi connectivity index (χ0v) is 20.2. The fraction of sp³-hybridized carbons (Fsp3) is 0.762. The number of rotatable bonds is 16. The molecule has 0 spiro atoms. The van der Waals surface area contributed by atoms with Gasteiger partial charge in [-0.1, -0.05) is 0 Å². The Hall–Kier alpha value is -2.97. The summed E-state index contributed by atoms with van der Waals surface area (Å²) in [6.45, 7) is 2.56. The van der Waals surface area contributed by atoms with Crippen molar-refractivity contribution in [1.29, 1.82) is 0 Å². The normalized spacial score (nSPS) is 18.5. The molecule has 5 unspecified atom stereocenters. The Labute approximate surface area is 204 Å². The average molecular weight is 501 g/mol. The molecular weight excluding hydrogens is 460 g/mol. The minimum absolute atomic E-state index is 0.0914. The fourth-order valence-electron chi connectivity index (χ4n) is 3.63. The zero-order valence-electron chi connectivity index (χ0n) is 20.2. The monoisotopic (exact) mass is 500 g/mol. The quantitative estimate of drug-likeness (QED) is 0.0584. The Morgan fingerprint density at radius 1 is 1.03 bits per heavy atom. The molecule has 0 aliphatic carbocycles. The van der Waals surface area contributed by atoms with E-state index in [1.807, 2.05) is 0 Å². The molecule has 1 aliphatic rings. The largest absolute Gasteiger partial charge is 0.480 e. The summed E-state index contributed by atoms with van der Waals surface area (Å²) in [6.07, 6.45) is 2.10. The standard InChI is InChI=1S/C21H40N8O6/c1-12(30)16(20(34)35)29-19(33)15(8-5-11-26-21(23)24)28-18(32)14(6-2-3-9-22)27-17(31)13-7-4-10-25-13/h12-16,25,30H,2-11,22H2,1H3,(H,27,31)(H,28,32)(H,29,33)(H,34,35)(H4,23,24,26). The molecular formula is C21H40N8O6. The molecule has 0 bridgehead atoms. The molecule has 1 saturated heterocycles. The number of aliphatic hydroxyl groups is 1. The number of unbranched alkanes of at least 4 members (excludes halogenated alkanes) is 1. The van der Waals surface area contributed by atoms with E-state index in [-0.39, 0.29) is 30.9 Å². The van der Waals surface area contributed by atoms with E-state index in [1.54, 1.807) is 0 Å². The van der Waals surface area contributed by atoms with Gasteiger partial charge in [0.25, 0.3) is 0 Å². The number of aliphatic hydroxyl groups excluding tert-OH is 1. The average Bonchev–Trinajstić information content (AvgIpc) is 3.33. The number of carbonyl (C=O) groups is 4. The summed E-state index contributed by atoms with van der Waals surface area (Å²) in [6, 6.07) is -4.00. The third kappa shape index (κ3) is 11.3. The number of aliphatic carboxylic acids is 1. The van der Waals surface area contributed by atoms with Crippen LogP contribution in [0.2, 0.25) is 0 Å². The Bertz CT molecular complexity index is 737. The lowest BCUT2D eigenvalue weighted by atomic mass is 10.0. The van der Waals surface area contributed by atoms with Crippen LogP contribution in [0.15, 0.2) is 4.99 Å². The molecule has 1 fully saturated rings. The maximum Gasteiger partial charge on any atom is 0.328 e. The van der Waals surface area contributed by atoms with Crippen molar-refractivity contribution < 1.29 is 29.4 Å². The lowest BCUT2D eigenvalue weighted by molar-refractivity contribution is -0.145. The van der Waals surface area contributed by atoms with Gasteiger partial charge in [-0.15, -0.1) is 0 Å². The molecule has 12 N–H and O–H groups in total. The fourth-order valence-corrected chi connectivity index (χ4v) is 3.63. The minimum Gasteiger partial charge on any atom is -0.480 e. The number of hydrogen-bond donors (Lipinski definition) is 9. The van der Waals surface area contributed by atoms with Crippen LogP contribution in [0, 0.1) is 0 Å². The Morgan fingerprint density at radius 3 is 2.20 bits per heavy atom. The van der Waals surface area contributed by atoms with Gasteiger partial charge in [-0.3, -0.25) is 19.4 Å². The molecule has 0 radical (unpaired) electrons. The van der Waals surface area contributed by atoms with Crippen LogP contribution >= 0.6 is 0 Å². The van der Waals surface area contributed by atoms with Crippen LogP contribution in [0.5, 0.6) is 0 Å². The highest BCUT2D eigenvalue weighted by Crippen LogP contribution is 2.09. The first-order valence-electron chi connectivity index (χ1n) is 11.9. The summed E-state index contributed by atoms with van der Waals surface area (Å²) >= 11 is 0. The minimum atomic E-state index is -1.56. The molecule has 35 heavy (non-hydrogen) atoms. The van der Waals surface area contributed by atoms with Crippen molar-refractivity contribution in [3.63, 3.8) is 0 Å². The number of amides is 3. The van der Waals surface area contributed by atoms with Crippen LogP contribution in [-0.2, 0) is 19.2 Å². The predicted molar refractivity (Wildman–Crippen MR) is 129 cm³/mol. The van der Waals surface area contributed by atoms with Crippen LogP contribution in [0.4, 0.5) is 0 Å². The smallest absolute Gasteiger partial charge is 0.328 e. The number of nitrogens with one attached hydrogen (secondary N) is 4. The van der Waals surface area contributed by atoms with E-state index >= 15 is 0 Å². The van der Waals surface area contributed by atoms with Gasteiger partial charge >= 0.3 is 5.97 Å². The highest BCUT2D eigenvalue weighted by molar-refractivity contribution is 5.94. The van der Waals surface area contributed by atoms with Gasteiger partial charge in [0.2, 0.25) is 17.7 Å². The molecule has 5 atom stereocenters. The van der Waals surface area contributed by atoms with Crippen LogP contribution in [0.3, 0.4) is 0 Å². The first-order chi connectivity index (χ1) is 16.6. The summed E-state index contributed by atoms with van der Waals surface area (Å²) in [7, 11) is 0. The summed E-state index contributed by atoms with van der Waals surface area (Å²) in [4.78, 5) is 53.8. The van der Waals surface area contributed by atoms with E-state index in [2.05, 4.69) is 26.3 Å². The number of carbonyl (C=O) groups excluding carboxylic acids is 3. The van der Waals surface area contributed by atoms with Crippen LogP contribution < -0.4 is 38.5 Å². The summed E-state index contributed by atoms with van der Waals surface area (Å²) in [5.74, 6) is -3.22. The number of aliphatic imine (C=N–C) groups is 1. The van der Waals surface area contributed by atoms with Crippen molar-refractivity contribution in [3.8, 4) is 0 Å². The molecule has 14 heteroatoms. The van der Waals surface area contributed by atoms with Gasteiger partial charge in [0.1, 0.15) is 12.1 Å². The zero-order chi connectivity index (χ0) is 26.4. The Balaban J connectivity index is 2.96. The molecule has 0 aromatic rings. The second-order valence-electron chi connectivity index (χ2n) is 8.57. The number of hydrogen-bond acceptors (Lipinski definition) is 8. The number of guanidine groups is 1. The SMILES string of the molecule is CC(O)C(NC(=O)C(CCCN=C(N)N)NC(=O)C(CCCCN)NC(=O)C1CCCN1)C(=O)O. The molecule has 3 amide bonds. The van der Waals surface area contributed by atoms with E-state index < -0.39 is 42.0 Å². The van der Waals surface area contributed by atoms with Gasteiger partial charge in [0, 0.05) is 6.54 Å².